The molecule has 0 aliphatic heterocycles. The molecule has 5 heteroatoms. The molecule has 0 bridgehead atoms. The van der Waals surface area contributed by atoms with Crippen LogP contribution in [-0.4, -0.2) is 30.0 Å². The van der Waals surface area contributed by atoms with Gasteiger partial charge in [0.05, 0.1) is 12.6 Å². The summed E-state index contributed by atoms with van der Waals surface area (Å²) >= 11 is 0. The van der Waals surface area contributed by atoms with Crippen LogP contribution in [0.25, 0.3) is 10.9 Å². The Bertz CT molecular complexity index is 640. The Balaban J connectivity index is 2.23. The van der Waals surface area contributed by atoms with E-state index in [2.05, 4.69) is 10.3 Å². The van der Waals surface area contributed by atoms with Gasteiger partial charge in [-0.3, -0.25) is 9.78 Å². The molecule has 1 aromatic carbocycles. The van der Waals surface area contributed by atoms with Crippen molar-refractivity contribution in [2.24, 2.45) is 0 Å². The second kappa shape index (κ2) is 6.14. The van der Waals surface area contributed by atoms with Crippen LogP contribution in [0.5, 0.6) is 0 Å². The molecule has 1 amide bonds. The van der Waals surface area contributed by atoms with E-state index in [0.717, 1.165) is 16.5 Å². The number of ether oxygens (including phenoxy) is 1. The normalized spacial score (nSPS) is 11.9. The number of nitrogens with one attached hydrogen (secondary N) is 1. The lowest BCUT2D eigenvalue weighted by molar-refractivity contribution is -0.144. The van der Waals surface area contributed by atoms with Gasteiger partial charge in [0.1, 0.15) is 6.04 Å². The molecule has 1 N–H and O–H groups in total. The molecule has 0 saturated carbocycles. The third-order valence-electron chi connectivity index (χ3n) is 2.95. The van der Waals surface area contributed by atoms with Gasteiger partial charge in [0.15, 0.2) is 0 Å². The number of fused-ring (bicyclic) bond motifs is 1. The van der Waals surface area contributed by atoms with Gasteiger partial charge in [0.25, 0.3) is 0 Å². The van der Waals surface area contributed by atoms with Crippen molar-refractivity contribution in [3.8, 4) is 0 Å². The number of methoxy groups -OCH3 is 1. The minimum atomic E-state index is -0.694. The van der Waals surface area contributed by atoms with E-state index in [1.165, 1.54) is 14.0 Å². The summed E-state index contributed by atoms with van der Waals surface area (Å²) in [6, 6.07) is 8.99. The Morgan fingerprint density at radius 3 is 2.80 bits per heavy atom. The van der Waals surface area contributed by atoms with Gasteiger partial charge in [-0.05, 0) is 17.7 Å². The fraction of sp³-hybridized carbons (Fsp3) is 0.267. The first-order valence-electron chi connectivity index (χ1n) is 6.28. The molecule has 1 aromatic heterocycles. The van der Waals surface area contributed by atoms with E-state index >= 15 is 0 Å². The molecule has 0 aliphatic carbocycles. The van der Waals surface area contributed by atoms with E-state index in [9.17, 15) is 9.59 Å². The van der Waals surface area contributed by atoms with E-state index in [-0.39, 0.29) is 5.91 Å². The molecule has 1 unspecified atom stereocenters. The second-order valence-electron chi connectivity index (χ2n) is 4.52. The van der Waals surface area contributed by atoms with Crippen LogP contribution in [0.4, 0.5) is 0 Å². The number of hydrogen-bond acceptors (Lipinski definition) is 4. The average Bonchev–Trinajstić information content (AvgIpc) is 2.45. The van der Waals surface area contributed by atoms with Gasteiger partial charge in [-0.1, -0.05) is 18.2 Å². The van der Waals surface area contributed by atoms with Crippen molar-refractivity contribution in [3.05, 3.63) is 42.1 Å². The monoisotopic (exact) mass is 272 g/mol. The van der Waals surface area contributed by atoms with E-state index in [4.69, 9.17) is 4.74 Å². The molecule has 0 aliphatic rings. The van der Waals surface area contributed by atoms with Crippen molar-refractivity contribution in [1.82, 2.24) is 10.3 Å². The minimum Gasteiger partial charge on any atom is -0.467 e. The summed E-state index contributed by atoms with van der Waals surface area (Å²) in [5.74, 6) is -0.734. The van der Waals surface area contributed by atoms with Crippen LogP contribution < -0.4 is 5.32 Å². The van der Waals surface area contributed by atoms with Gasteiger partial charge in [-0.25, -0.2) is 4.79 Å². The molecule has 2 rings (SSSR count). The predicted octanol–water partition coefficient (Wildman–Crippen LogP) is 1.45. The Labute approximate surface area is 117 Å². The Morgan fingerprint density at radius 1 is 1.35 bits per heavy atom. The van der Waals surface area contributed by atoms with Crippen LogP contribution >= 0.6 is 0 Å². The molecule has 0 fully saturated rings. The van der Waals surface area contributed by atoms with Gasteiger partial charge >= 0.3 is 5.97 Å². The molecular weight excluding hydrogens is 256 g/mol. The number of amides is 1. The molecule has 5 nitrogen and oxygen atoms in total. The summed E-state index contributed by atoms with van der Waals surface area (Å²) in [7, 11) is 1.30. The van der Waals surface area contributed by atoms with Gasteiger partial charge in [0, 0.05) is 24.9 Å². The number of para-hydroxylation sites is 1. The Morgan fingerprint density at radius 2 is 2.10 bits per heavy atom. The van der Waals surface area contributed by atoms with Gasteiger partial charge in [-0.2, -0.15) is 0 Å². The summed E-state index contributed by atoms with van der Waals surface area (Å²) in [5, 5.41) is 3.58. The largest absolute Gasteiger partial charge is 0.467 e. The number of benzene rings is 1. The molecule has 2 aromatic rings. The quantitative estimate of drug-likeness (QED) is 0.855. The lowest BCUT2D eigenvalue weighted by Crippen LogP contribution is -2.42. The summed E-state index contributed by atoms with van der Waals surface area (Å²) in [6.07, 6.45) is 2.06. The van der Waals surface area contributed by atoms with Gasteiger partial charge in [0.2, 0.25) is 5.91 Å². The zero-order chi connectivity index (χ0) is 14.5. The van der Waals surface area contributed by atoms with Crippen molar-refractivity contribution in [2.75, 3.05) is 7.11 Å². The summed E-state index contributed by atoms with van der Waals surface area (Å²) in [6.45, 7) is 1.37. The number of nitrogens with zero attached hydrogens (tertiary/aromatic N) is 1. The van der Waals surface area contributed by atoms with Gasteiger partial charge in [-0.15, -0.1) is 0 Å². The minimum absolute atomic E-state index is 0.269. The van der Waals surface area contributed by atoms with E-state index in [0.29, 0.717) is 6.42 Å². The lowest BCUT2D eigenvalue weighted by atomic mass is 10.1. The maximum Gasteiger partial charge on any atom is 0.328 e. The SMILES string of the molecule is COC(=O)C(Cc1cnc2ccccc2c1)NC(C)=O. The highest BCUT2D eigenvalue weighted by atomic mass is 16.5. The first kappa shape index (κ1) is 14.0. The third-order valence-corrected chi connectivity index (χ3v) is 2.95. The standard InChI is InChI=1S/C15H16N2O3/c1-10(18)17-14(15(19)20-2)8-11-7-12-5-3-4-6-13(12)16-9-11/h3-7,9,14H,8H2,1-2H3,(H,17,18). The Hall–Kier alpha value is -2.43. The number of pyridine rings is 1. The highest BCUT2D eigenvalue weighted by Gasteiger charge is 2.20. The molecule has 0 radical (unpaired) electrons. The number of carbonyl (C=O) groups excluding carboxylic acids is 2. The first-order valence-corrected chi connectivity index (χ1v) is 6.28. The zero-order valence-corrected chi connectivity index (χ0v) is 11.4. The smallest absolute Gasteiger partial charge is 0.328 e. The van der Waals surface area contributed by atoms with Crippen LogP contribution in [0.15, 0.2) is 36.5 Å². The first-order chi connectivity index (χ1) is 9.60. The molecule has 1 atom stereocenters. The maximum absolute atomic E-state index is 11.7. The molecular formula is C15H16N2O3. The summed E-state index contributed by atoms with van der Waals surface area (Å²) in [5.41, 5.74) is 1.76. The molecule has 0 spiro atoms. The second-order valence-corrected chi connectivity index (χ2v) is 4.52. The van der Waals surface area contributed by atoms with Gasteiger partial charge < -0.3 is 10.1 Å². The van der Waals surface area contributed by atoms with Crippen molar-refractivity contribution in [1.29, 1.82) is 0 Å². The molecule has 1 heterocycles. The number of esters is 1. The number of rotatable bonds is 4. The van der Waals surface area contributed by atoms with E-state index < -0.39 is 12.0 Å². The molecule has 0 saturated heterocycles. The highest BCUT2D eigenvalue weighted by Crippen LogP contribution is 2.14. The van der Waals surface area contributed by atoms with Crippen LogP contribution in [0.3, 0.4) is 0 Å². The van der Waals surface area contributed by atoms with Crippen LogP contribution in [0.2, 0.25) is 0 Å². The highest BCUT2D eigenvalue weighted by molar-refractivity contribution is 5.84. The summed E-state index contributed by atoms with van der Waals surface area (Å²) in [4.78, 5) is 27.1. The third kappa shape index (κ3) is 3.32. The van der Waals surface area contributed by atoms with Crippen molar-refractivity contribution < 1.29 is 14.3 Å². The maximum atomic E-state index is 11.7. The number of aromatic nitrogens is 1. The fourth-order valence-electron chi connectivity index (χ4n) is 2.04. The van der Waals surface area contributed by atoms with Crippen molar-refractivity contribution >= 4 is 22.8 Å². The fourth-order valence-corrected chi connectivity index (χ4v) is 2.04. The number of carbonyl (C=O) groups is 2. The van der Waals surface area contributed by atoms with Crippen LogP contribution in [0.1, 0.15) is 12.5 Å². The zero-order valence-electron chi connectivity index (χ0n) is 11.4. The van der Waals surface area contributed by atoms with E-state index in [1.807, 2.05) is 30.3 Å². The molecule has 20 heavy (non-hydrogen) atoms. The molecule has 104 valence electrons. The Kier molecular flexibility index (Phi) is 4.30. The average molecular weight is 272 g/mol. The lowest BCUT2D eigenvalue weighted by Gasteiger charge is -2.15. The van der Waals surface area contributed by atoms with Crippen molar-refractivity contribution in [3.63, 3.8) is 0 Å². The van der Waals surface area contributed by atoms with Crippen LogP contribution in [-0.2, 0) is 20.7 Å². The number of hydrogen-bond donors (Lipinski definition) is 1. The van der Waals surface area contributed by atoms with E-state index in [1.54, 1.807) is 6.20 Å². The summed E-state index contributed by atoms with van der Waals surface area (Å²) < 4.78 is 4.70. The van der Waals surface area contributed by atoms with Crippen LogP contribution in [0, 0.1) is 0 Å². The topological polar surface area (TPSA) is 68.3 Å². The van der Waals surface area contributed by atoms with Crippen molar-refractivity contribution in [2.45, 2.75) is 19.4 Å². The predicted molar refractivity (Wildman–Crippen MR) is 75.1 cm³/mol.